The molecule has 0 aromatic heterocycles. The first-order chi connectivity index (χ1) is 11.0. The lowest BCUT2D eigenvalue weighted by Gasteiger charge is -2.22. The van der Waals surface area contributed by atoms with Crippen molar-refractivity contribution >= 4 is 17.5 Å². The first kappa shape index (κ1) is 17.3. The van der Waals surface area contributed by atoms with Crippen LogP contribution in [-0.4, -0.2) is 37.6 Å². The van der Waals surface area contributed by atoms with E-state index in [-0.39, 0.29) is 18.2 Å². The Morgan fingerprint density at radius 1 is 1.39 bits per heavy atom. The van der Waals surface area contributed by atoms with Gasteiger partial charge in [-0.25, -0.2) is 0 Å². The number of carbonyl (C=O) groups excluding carboxylic acids is 2. The van der Waals surface area contributed by atoms with Gasteiger partial charge in [0.2, 0.25) is 11.8 Å². The van der Waals surface area contributed by atoms with E-state index in [4.69, 9.17) is 4.74 Å². The number of anilines is 1. The maximum absolute atomic E-state index is 12.1. The molecule has 1 aliphatic rings. The standard InChI is InChI=1S/C17H25N3O3/c1-12(2)6-9-23-14-5-3-4-13(10-14)20-16(21)11-15-17(22)19-8-7-18-15/h3-5,10,12,15,18H,6-9,11H2,1-2H3,(H,19,22)(H,20,21). The average Bonchev–Trinajstić information content (AvgIpc) is 2.49. The summed E-state index contributed by atoms with van der Waals surface area (Å²) < 4.78 is 5.68. The summed E-state index contributed by atoms with van der Waals surface area (Å²) in [5.74, 6) is 1.00. The molecule has 1 atom stereocenters. The topological polar surface area (TPSA) is 79.5 Å². The fourth-order valence-corrected chi connectivity index (χ4v) is 2.29. The molecule has 3 N–H and O–H groups in total. The predicted molar refractivity (Wildman–Crippen MR) is 89.4 cm³/mol. The predicted octanol–water partition coefficient (Wildman–Crippen LogP) is 1.53. The summed E-state index contributed by atoms with van der Waals surface area (Å²) >= 11 is 0. The summed E-state index contributed by atoms with van der Waals surface area (Å²) in [6, 6.07) is 6.85. The van der Waals surface area contributed by atoms with Gasteiger partial charge in [0.25, 0.3) is 0 Å². The Kier molecular flexibility index (Phi) is 6.40. The number of hydrogen-bond acceptors (Lipinski definition) is 4. The van der Waals surface area contributed by atoms with Gasteiger partial charge in [0.1, 0.15) is 5.75 Å². The van der Waals surface area contributed by atoms with Crippen molar-refractivity contribution in [2.24, 2.45) is 5.92 Å². The first-order valence-electron chi connectivity index (χ1n) is 8.08. The number of amides is 2. The van der Waals surface area contributed by atoms with Gasteiger partial charge in [-0.1, -0.05) is 19.9 Å². The molecule has 23 heavy (non-hydrogen) atoms. The molecule has 1 unspecified atom stereocenters. The summed E-state index contributed by atoms with van der Waals surface area (Å²) in [5.41, 5.74) is 0.674. The normalized spacial score (nSPS) is 17.7. The molecule has 6 nitrogen and oxygen atoms in total. The number of benzene rings is 1. The minimum absolute atomic E-state index is 0.115. The molecule has 2 rings (SSSR count). The van der Waals surface area contributed by atoms with Crippen molar-refractivity contribution in [3.05, 3.63) is 24.3 Å². The van der Waals surface area contributed by atoms with Crippen molar-refractivity contribution in [3.63, 3.8) is 0 Å². The highest BCUT2D eigenvalue weighted by Gasteiger charge is 2.23. The molecule has 6 heteroatoms. The molecule has 0 saturated carbocycles. The van der Waals surface area contributed by atoms with Crippen LogP contribution in [0.4, 0.5) is 5.69 Å². The van der Waals surface area contributed by atoms with E-state index in [1.54, 1.807) is 6.07 Å². The zero-order valence-corrected chi connectivity index (χ0v) is 13.7. The Bertz CT molecular complexity index is 546. The minimum Gasteiger partial charge on any atom is -0.494 e. The van der Waals surface area contributed by atoms with Crippen LogP contribution in [0.1, 0.15) is 26.7 Å². The van der Waals surface area contributed by atoms with Crippen molar-refractivity contribution in [1.82, 2.24) is 10.6 Å². The van der Waals surface area contributed by atoms with Gasteiger partial charge in [-0.2, -0.15) is 0 Å². The summed E-state index contributed by atoms with van der Waals surface area (Å²) in [4.78, 5) is 23.7. The van der Waals surface area contributed by atoms with Crippen LogP contribution in [0.2, 0.25) is 0 Å². The van der Waals surface area contributed by atoms with E-state index in [0.717, 1.165) is 12.2 Å². The molecule has 0 radical (unpaired) electrons. The van der Waals surface area contributed by atoms with Gasteiger partial charge in [0.15, 0.2) is 0 Å². The van der Waals surface area contributed by atoms with E-state index in [0.29, 0.717) is 31.3 Å². The van der Waals surface area contributed by atoms with Gasteiger partial charge in [-0.05, 0) is 24.5 Å². The maximum Gasteiger partial charge on any atom is 0.237 e. The highest BCUT2D eigenvalue weighted by Crippen LogP contribution is 2.18. The van der Waals surface area contributed by atoms with Gasteiger partial charge < -0.3 is 20.7 Å². The van der Waals surface area contributed by atoms with Crippen LogP contribution in [0, 0.1) is 5.92 Å². The number of hydrogen-bond donors (Lipinski definition) is 3. The van der Waals surface area contributed by atoms with E-state index in [9.17, 15) is 9.59 Å². The lowest BCUT2D eigenvalue weighted by molar-refractivity contribution is -0.127. The average molecular weight is 319 g/mol. The number of carbonyl (C=O) groups is 2. The Labute approximate surface area is 137 Å². The third-order valence-corrected chi connectivity index (χ3v) is 3.60. The third-order valence-electron chi connectivity index (χ3n) is 3.60. The van der Waals surface area contributed by atoms with Crippen molar-refractivity contribution in [3.8, 4) is 5.75 Å². The molecule has 1 heterocycles. The second-order valence-corrected chi connectivity index (χ2v) is 6.11. The lowest BCUT2D eigenvalue weighted by Crippen LogP contribution is -2.53. The van der Waals surface area contributed by atoms with Gasteiger partial charge >= 0.3 is 0 Å². The Balaban J connectivity index is 1.84. The van der Waals surface area contributed by atoms with E-state index < -0.39 is 6.04 Å². The number of piperazine rings is 1. The SMILES string of the molecule is CC(C)CCOc1cccc(NC(=O)CC2NCCNC2=O)c1. The minimum atomic E-state index is -0.464. The highest BCUT2D eigenvalue weighted by molar-refractivity contribution is 5.95. The molecule has 1 aromatic carbocycles. The van der Waals surface area contributed by atoms with Gasteiger partial charge in [0.05, 0.1) is 19.1 Å². The van der Waals surface area contributed by atoms with Crippen LogP contribution in [-0.2, 0) is 9.59 Å². The third kappa shape index (κ3) is 5.90. The maximum atomic E-state index is 12.1. The summed E-state index contributed by atoms with van der Waals surface area (Å²) in [7, 11) is 0. The monoisotopic (exact) mass is 319 g/mol. The molecule has 1 aromatic rings. The second-order valence-electron chi connectivity index (χ2n) is 6.11. The fraction of sp³-hybridized carbons (Fsp3) is 0.529. The lowest BCUT2D eigenvalue weighted by atomic mass is 10.1. The first-order valence-corrected chi connectivity index (χ1v) is 8.08. The largest absolute Gasteiger partial charge is 0.494 e. The Morgan fingerprint density at radius 3 is 2.96 bits per heavy atom. The summed E-state index contributed by atoms with van der Waals surface area (Å²) in [6.07, 6.45) is 1.10. The molecule has 1 aliphatic heterocycles. The van der Waals surface area contributed by atoms with Crippen molar-refractivity contribution in [1.29, 1.82) is 0 Å². The van der Waals surface area contributed by atoms with E-state index >= 15 is 0 Å². The van der Waals surface area contributed by atoms with Crippen LogP contribution in [0.5, 0.6) is 5.75 Å². The number of rotatable bonds is 7. The van der Waals surface area contributed by atoms with E-state index in [1.807, 2.05) is 18.2 Å². The zero-order valence-electron chi connectivity index (χ0n) is 13.7. The molecule has 2 amide bonds. The van der Waals surface area contributed by atoms with Crippen LogP contribution in [0.3, 0.4) is 0 Å². The molecule has 0 aliphatic carbocycles. The van der Waals surface area contributed by atoms with Crippen LogP contribution in [0.15, 0.2) is 24.3 Å². The summed E-state index contributed by atoms with van der Waals surface area (Å²) in [6.45, 7) is 6.24. The Morgan fingerprint density at radius 2 is 2.22 bits per heavy atom. The summed E-state index contributed by atoms with van der Waals surface area (Å²) in [5, 5.41) is 8.59. The number of ether oxygens (including phenoxy) is 1. The van der Waals surface area contributed by atoms with Crippen molar-refractivity contribution < 1.29 is 14.3 Å². The van der Waals surface area contributed by atoms with E-state index in [1.165, 1.54) is 0 Å². The van der Waals surface area contributed by atoms with Crippen LogP contribution in [0.25, 0.3) is 0 Å². The zero-order chi connectivity index (χ0) is 16.7. The smallest absolute Gasteiger partial charge is 0.237 e. The fourth-order valence-electron chi connectivity index (χ4n) is 2.29. The van der Waals surface area contributed by atoms with Gasteiger partial charge in [-0.3, -0.25) is 9.59 Å². The Hall–Kier alpha value is -2.08. The molecular formula is C17H25N3O3. The quantitative estimate of drug-likeness (QED) is 0.712. The van der Waals surface area contributed by atoms with Gasteiger partial charge in [0, 0.05) is 24.8 Å². The number of nitrogens with one attached hydrogen (secondary N) is 3. The van der Waals surface area contributed by atoms with Crippen LogP contribution < -0.4 is 20.7 Å². The van der Waals surface area contributed by atoms with Crippen molar-refractivity contribution in [2.75, 3.05) is 25.0 Å². The molecule has 1 saturated heterocycles. The van der Waals surface area contributed by atoms with E-state index in [2.05, 4.69) is 29.8 Å². The second kappa shape index (κ2) is 8.53. The molecule has 1 fully saturated rings. The molecular weight excluding hydrogens is 294 g/mol. The molecule has 0 spiro atoms. The highest BCUT2D eigenvalue weighted by atomic mass is 16.5. The molecule has 0 bridgehead atoms. The molecule has 126 valence electrons. The van der Waals surface area contributed by atoms with Gasteiger partial charge in [-0.15, -0.1) is 0 Å². The van der Waals surface area contributed by atoms with Crippen LogP contribution >= 0.6 is 0 Å². The van der Waals surface area contributed by atoms with Crippen molar-refractivity contribution in [2.45, 2.75) is 32.7 Å².